The zero-order valence-corrected chi connectivity index (χ0v) is 19.1. The standard InChI is InChI=1S/C25H27N3O6/c1-3-16(2)22(28-23(31)18-11-7-8-12-19(18)24(28)32)25(33)34-15-21(30)27(14-13-20(26)29)17-9-5-4-6-10-17/h4-12,16,22H,3,13-15H2,1-2H3,(H2,26,29)/t16-,22-/m0/s1. The van der Waals surface area contributed by atoms with Crippen LogP contribution in [0.5, 0.6) is 0 Å². The first-order valence-electron chi connectivity index (χ1n) is 11.0. The van der Waals surface area contributed by atoms with Crippen molar-refractivity contribution < 1.29 is 28.7 Å². The molecule has 34 heavy (non-hydrogen) atoms. The van der Waals surface area contributed by atoms with Crippen LogP contribution in [0.25, 0.3) is 0 Å². The van der Waals surface area contributed by atoms with Gasteiger partial charge in [0.25, 0.3) is 17.7 Å². The molecule has 1 heterocycles. The van der Waals surface area contributed by atoms with Gasteiger partial charge in [0.15, 0.2) is 6.61 Å². The fourth-order valence-electron chi connectivity index (χ4n) is 3.80. The first-order valence-corrected chi connectivity index (χ1v) is 11.0. The van der Waals surface area contributed by atoms with E-state index in [0.29, 0.717) is 12.1 Å². The number of carbonyl (C=O) groups excluding carboxylic acids is 5. The van der Waals surface area contributed by atoms with E-state index in [1.54, 1.807) is 49.4 Å². The second kappa shape index (κ2) is 10.7. The summed E-state index contributed by atoms with van der Waals surface area (Å²) in [5.74, 6) is -3.52. The molecular formula is C25H27N3O6. The van der Waals surface area contributed by atoms with E-state index in [9.17, 15) is 24.0 Å². The van der Waals surface area contributed by atoms with Crippen LogP contribution in [0, 0.1) is 5.92 Å². The molecule has 2 N–H and O–H groups in total. The Morgan fingerprint density at radius 2 is 1.53 bits per heavy atom. The Bertz CT molecular complexity index is 1070. The number of imide groups is 1. The molecule has 9 nitrogen and oxygen atoms in total. The minimum Gasteiger partial charge on any atom is -0.454 e. The first kappa shape index (κ1) is 24.6. The summed E-state index contributed by atoms with van der Waals surface area (Å²) in [6.45, 7) is 2.96. The van der Waals surface area contributed by atoms with Crippen LogP contribution in [-0.2, 0) is 19.1 Å². The van der Waals surface area contributed by atoms with Crippen LogP contribution in [0.15, 0.2) is 54.6 Å². The van der Waals surface area contributed by atoms with Gasteiger partial charge >= 0.3 is 5.97 Å². The number of anilines is 1. The lowest BCUT2D eigenvalue weighted by molar-refractivity contribution is -0.153. The maximum Gasteiger partial charge on any atom is 0.330 e. The van der Waals surface area contributed by atoms with Gasteiger partial charge < -0.3 is 15.4 Å². The van der Waals surface area contributed by atoms with Gasteiger partial charge in [-0.2, -0.15) is 0 Å². The Balaban J connectivity index is 1.77. The number of nitrogens with two attached hydrogens (primary N) is 1. The molecule has 0 unspecified atom stereocenters. The van der Waals surface area contributed by atoms with Gasteiger partial charge in [0.05, 0.1) is 11.1 Å². The van der Waals surface area contributed by atoms with Crippen molar-refractivity contribution in [2.24, 2.45) is 11.7 Å². The molecule has 4 amide bonds. The Hall–Kier alpha value is -4.01. The Kier molecular flexibility index (Phi) is 7.78. The largest absolute Gasteiger partial charge is 0.454 e. The molecule has 0 fully saturated rings. The molecule has 2 aromatic rings. The highest BCUT2D eigenvalue weighted by Crippen LogP contribution is 2.28. The summed E-state index contributed by atoms with van der Waals surface area (Å²) in [5, 5.41) is 0. The summed E-state index contributed by atoms with van der Waals surface area (Å²) in [6.07, 6.45) is 0.426. The number of hydrogen-bond donors (Lipinski definition) is 1. The maximum atomic E-state index is 13.1. The molecule has 0 aromatic heterocycles. The Labute approximate surface area is 197 Å². The number of hydrogen-bond acceptors (Lipinski definition) is 6. The van der Waals surface area contributed by atoms with Crippen LogP contribution in [0.2, 0.25) is 0 Å². The van der Waals surface area contributed by atoms with Gasteiger partial charge in [0.1, 0.15) is 6.04 Å². The van der Waals surface area contributed by atoms with Crippen molar-refractivity contribution in [3.63, 3.8) is 0 Å². The molecule has 0 bridgehead atoms. The number of primary amides is 1. The van der Waals surface area contributed by atoms with Gasteiger partial charge in [-0.3, -0.25) is 24.1 Å². The van der Waals surface area contributed by atoms with E-state index in [2.05, 4.69) is 0 Å². The molecule has 0 radical (unpaired) electrons. The van der Waals surface area contributed by atoms with Crippen molar-refractivity contribution in [3.05, 3.63) is 65.7 Å². The maximum absolute atomic E-state index is 13.1. The number of nitrogens with zero attached hydrogens (tertiary/aromatic N) is 2. The lowest BCUT2D eigenvalue weighted by atomic mass is 9.97. The molecule has 3 rings (SSSR count). The van der Waals surface area contributed by atoms with E-state index < -0.39 is 48.2 Å². The van der Waals surface area contributed by atoms with Crippen LogP contribution in [0.3, 0.4) is 0 Å². The molecular weight excluding hydrogens is 438 g/mol. The molecule has 0 spiro atoms. The van der Waals surface area contributed by atoms with Crippen molar-refractivity contribution in [2.75, 3.05) is 18.1 Å². The molecule has 0 saturated heterocycles. The van der Waals surface area contributed by atoms with Crippen molar-refractivity contribution in [2.45, 2.75) is 32.7 Å². The summed E-state index contributed by atoms with van der Waals surface area (Å²) < 4.78 is 5.31. The fourth-order valence-corrected chi connectivity index (χ4v) is 3.80. The molecule has 0 saturated carbocycles. The predicted molar refractivity (Wildman–Crippen MR) is 124 cm³/mol. The fraction of sp³-hybridized carbons (Fsp3) is 0.320. The summed E-state index contributed by atoms with van der Waals surface area (Å²) in [6, 6.07) is 13.8. The van der Waals surface area contributed by atoms with Crippen molar-refractivity contribution in [1.29, 1.82) is 0 Å². The van der Waals surface area contributed by atoms with Gasteiger partial charge in [0, 0.05) is 18.7 Å². The number of esters is 1. The van der Waals surface area contributed by atoms with Gasteiger partial charge in [0.2, 0.25) is 5.91 Å². The third-order valence-electron chi connectivity index (χ3n) is 5.82. The summed E-state index contributed by atoms with van der Waals surface area (Å²) in [7, 11) is 0. The number of benzene rings is 2. The Morgan fingerprint density at radius 3 is 2.06 bits per heavy atom. The lowest BCUT2D eigenvalue weighted by Crippen LogP contribution is -2.50. The van der Waals surface area contributed by atoms with E-state index >= 15 is 0 Å². The first-order chi connectivity index (χ1) is 16.3. The summed E-state index contributed by atoms with van der Waals surface area (Å²) in [4.78, 5) is 65.3. The minimum atomic E-state index is -1.18. The normalized spacial score (nSPS) is 14.4. The third kappa shape index (κ3) is 5.14. The Morgan fingerprint density at radius 1 is 0.971 bits per heavy atom. The van der Waals surface area contributed by atoms with Crippen LogP contribution in [0.1, 0.15) is 47.4 Å². The summed E-state index contributed by atoms with van der Waals surface area (Å²) >= 11 is 0. The molecule has 178 valence electrons. The molecule has 2 atom stereocenters. The number of ether oxygens (including phenoxy) is 1. The van der Waals surface area contributed by atoms with E-state index in [1.165, 1.54) is 17.0 Å². The molecule has 0 aliphatic carbocycles. The number of rotatable bonds is 10. The van der Waals surface area contributed by atoms with Gasteiger partial charge in [-0.15, -0.1) is 0 Å². The second-order valence-corrected chi connectivity index (χ2v) is 8.06. The summed E-state index contributed by atoms with van der Waals surface area (Å²) in [5.41, 5.74) is 6.20. The van der Waals surface area contributed by atoms with Crippen LogP contribution in [-0.4, -0.2) is 53.7 Å². The van der Waals surface area contributed by atoms with Crippen LogP contribution >= 0.6 is 0 Å². The van der Waals surface area contributed by atoms with E-state index in [0.717, 1.165) is 4.90 Å². The van der Waals surface area contributed by atoms with Gasteiger partial charge in [-0.05, 0) is 30.2 Å². The zero-order valence-electron chi connectivity index (χ0n) is 19.1. The average molecular weight is 466 g/mol. The van der Waals surface area contributed by atoms with Gasteiger partial charge in [-0.25, -0.2) is 4.79 Å². The van der Waals surface area contributed by atoms with Crippen LogP contribution in [0.4, 0.5) is 5.69 Å². The second-order valence-electron chi connectivity index (χ2n) is 8.06. The smallest absolute Gasteiger partial charge is 0.330 e. The van der Waals surface area contributed by atoms with Gasteiger partial charge in [-0.1, -0.05) is 50.6 Å². The van der Waals surface area contributed by atoms with Crippen molar-refractivity contribution in [3.8, 4) is 0 Å². The predicted octanol–water partition coefficient (Wildman–Crippen LogP) is 2.15. The number of fused-ring (bicyclic) bond motifs is 1. The van der Waals surface area contributed by atoms with Crippen molar-refractivity contribution >= 4 is 35.3 Å². The third-order valence-corrected chi connectivity index (χ3v) is 5.82. The SMILES string of the molecule is CC[C@H](C)[C@@H](C(=O)OCC(=O)N(CCC(N)=O)c1ccccc1)N1C(=O)c2ccccc2C1=O. The number of para-hydroxylation sites is 1. The highest BCUT2D eigenvalue weighted by molar-refractivity contribution is 6.22. The molecule has 2 aromatic carbocycles. The van der Waals surface area contributed by atoms with E-state index in [1.807, 2.05) is 6.92 Å². The quantitative estimate of drug-likeness (QED) is 0.423. The zero-order chi connectivity index (χ0) is 24.8. The van der Waals surface area contributed by atoms with Crippen LogP contribution < -0.4 is 10.6 Å². The molecule has 1 aliphatic rings. The highest BCUT2D eigenvalue weighted by Gasteiger charge is 2.45. The topological polar surface area (TPSA) is 127 Å². The minimum absolute atomic E-state index is 0.0168. The lowest BCUT2D eigenvalue weighted by Gasteiger charge is -2.29. The monoisotopic (exact) mass is 465 g/mol. The highest BCUT2D eigenvalue weighted by atomic mass is 16.5. The molecule has 9 heteroatoms. The number of carbonyl (C=O) groups is 5. The molecule has 1 aliphatic heterocycles. The average Bonchev–Trinajstić information content (AvgIpc) is 3.08. The number of amides is 4. The van der Waals surface area contributed by atoms with Crippen molar-refractivity contribution in [1.82, 2.24) is 4.90 Å². The van der Waals surface area contributed by atoms with E-state index in [4.69, 9.17) is 10.5 Å². The van der Waals surface area contributed by atoms with E-state index in [-0.39, 0.29) is 24.1 Å².